The van der Waals surface area contributed by atoms with Crippen molar-refractivity contribution in [2.75, 3.05) is 33.2 Å². The summed E-state index contributed by atoms with van der Waals surface area (Å²) in [6.45, 7) is 4.91. The van der Waals surface area contributed by atoms with Gasteiger partial charge in [-0.05, 0) is 19.9 Å². The molecule has 2 nitrogen and oxygen atoms in total. The summed E-state index contributed by atoms with van der Waals surface area (Å²) in [6.07, 6.45) is 7.84. The monoisotopic (exact) mass is 178 g/mol. The molecule has 0 N–H and O–H groups in total. The van der Waals surface area contributed by atoms with Gasteiger partial charge in [-0.1, -0.05) is 0 Å². The number of likely N-dealkylation sites (N-methyl/N-ethyl adjacent to an activating group) is 1. The summed E-state index contributed by atoms with van der Waals surface area (Å²) in [4.78, 5) is 5.00. The Hall–Kier alpha value is -0.520. The minimum Gasteiger partial charge on any atom is -0.304 e. The summed E-state index contributed by atoms with van der Waals surface area (Å²) >= 11 is 0. The van der Waals surface area contributed by atoms with E-state index in [2.05, 4.69) is 22.8 Å². The van der Waals surface area contributed by atoms with Gasteiger partial charge in [0.1, 0.15) is 0 Å². The SMILES string of the molecule is C#C[C@H]1C[C@H](N2CCN(C)CC2)C1. The van der Waals surface area contributed by atoms with E-state index in [0.29, 0.717) is 5.92 Å². The van der Waals surface area contributed by atoms with Crippen LogP contribution in [0.4, 0.5) is 0 Å². The van der Waals surface area contributed by atoms with E-state index in [0.717, 1.165) is 6.04 Å². The third-order valence-corrected chi connectivity index (χ3v) is 3.40. The highest BCUT2D eigenvalue weighted by atomic mass is 15.3. The van der Waals surface area contributed by atoms with Gasteiger partial charge in [0.2, 0.25) is 0 Å². The number of hydrogen-bond donors (Lipinski definition) is 0. The van der Waals surface area contributed by atoms with E-state index in [9.17, 15) is 0 Å². The van der Waals surface area contributed by atoms with Gasteiger partial charge in [-0.25, -0.2) is 0 Å². The summed E-state index contributed by atoms with van der Waals surface area (Å²) in [6, 6.07) is 0.801. The topological polar surface area (TPSA) is 6.48 Å². The lowest BCUT2D eigenvalue weighted by Gasteiger charge is -2.44. The van der Waals surface area contributed by atoms with Crippen LogP contribution in [0.1, 0.15) is 12.8 Å². The van der Waals surface area contributed by atoms with Crippen molar-refractivity contribution in [2.45, 2.75) is 18.9 Å². The van der Waals surface area contributed by atoms with Gasteiger partial charge in [-0.3, -0.25) is 4.90 Å². The largest absolute Gasteiger partial charge is 0.304 e. The summed E-state index contributed by atoms with van der Waals surface area (Å²) in [5.41, 5.74) is 0. The molecule has 1 heterocycles. The van der Waals surface area contributed by atoms with Crippen LogP contribution in [-0.4, -0.2) is 49.1 Å². The second-order valence-electron chi connectivity index (χ2n) is 4.33. The number of terminal acetylenes is 1. The molecule has 1 aliphatic heterocycles. The van der Waals surface area contributed by atoms with Gasteiger partial charge >= 0.3 is 0 Å². The van der Waals surface area contributed by atoms with Gasteiger partial charge in [0.05, 0.1) is 0 Å². The van der Waals surface area contributed by atoms with Gasteiger partial charge in [-0.15, -0.1) is 12.3 Å². The fraction of sp³-hybridized carbons (Fsp3) is 0.818. The van der Waals surface area contributed by atoms with Crippen molar-refractivity contribution in [1.29, 1.82) is 0 Å². The lowest BCUT2D eigenvalue weighted by Crippen LogP contribution is -2.52. The molecule has 2 aliphatic rings. The Balaban J connectivity index is 1.75. The van der Waals surface area contributed by atoms with E-state index in [1.54, 1.807) is 0 Å². The number of hydrogen-bond acceptors (Lipinski definition) is 2. The van der Waals surface area contributed by atoms with Crippen LogP contribution >= 0.6 is 0 Å². The van der Waals surface area contributed by atoms with Crippen LogP contribution in [0.2, 0.25) is 0 Å². The molecule has 72 valence electrons. The maximum atomic E-state index is 5.37. The number of nitrogens with zero attached hydrogens (tertiary/aromatic N) is 2. The summed E-state index contributed by atoms with van der Waals surface area (Å²) in [7, 11) is 2.20. The molecule has 0 radical (unpaired) electrons. The Morgan fingerprint density at radius 1 is 1.15 bits per heavy atom. The average molecular weight is 178 g/mol. The van der Waals surface area contributed by atoms with E-state index < -0.39 is 0 Å². The Bertz CT molecular complexity index is 205. The van der Waals surface area contributed by atoms with Crippen molar-refractivity contribution in [2.24, 2.45) is 5.92 Å². The molecule has 0 unspecified atom stereocenters. The average Bonchev–Trinajstić information content (AvgIpc) is 2.06. The van der Waals surface area contributed by atoms with Crippen molar-refractivity contribution in [1.82, 2.24) is 9.80 Å². The van der Waals surface area contributed by atoms with Crippen LogP contribution in [0, 0.1) is 18.3 Å². The van der Waals surface area contributed by atoms with E-state index in [1.165, 1.54) is 39.0 Å². The van der Waals surface area contributed by atoms with Crippen molar-refractivity contribution in [3.8, 4) is 12.3 Å². The third-order valence-electron chi connectivity index (χ3n) is 3.40. The standard InChI is InChI=1S/C11H18N2/c1-3-10-8-11(9-10)13-6-4-12(2)5-7-13/h1,10-11H,4-9H2,2H3/t10-,11-. The first-order valence-electron chi connectivity index (χ1n) is 5.18. The van der Waals surface area contributed by atoms with E-state index in [-0.39, 0.29) is 0 Å². The van der Waals surface area contributed by atoms with Crippen molar-refractivity contribution < 1.29 is 0 Å². The maximum absolute atomic E-state index is 5.37. The molecule has 0 spiro atoms. The molecule has 0 aromatic heterocycles. The molecule has 0 aromatic rings. The highest BCUT2D eigenvalue weighted by molar-refractivity contribution is 5.04. The third kappa shape index (κ3) is 1.87. The molecule has 13 heavy (non-hydrogen) atoms. The molecule has 0 aromatic carbocycles. The molecule has 2 fully saturated rings. The van der Waals surface area contributed by atoms with Gasteiger partial charge in [0, 0.05) is 38.1 Å². The Morgan fingerprint density at radius 3 is 2.31 bits per heavy atom. The van der Waals surface area contributed by atoms with Gasteiger partial charge in [0.15, 0.2) is 0 Å². The molecular weight excluding hydrogens is 160 g/mol. The Labute approximate surface area is 80.9 Å². The molecule has 0 bridgehead atoms. The second kappa shape index (κ2) is 3.69. The molecule has 0 amide bonds. The number of piperazine rings is 1. The van der Waals surface area contributed by atoms with Crippen molar-refractivity contribution in [3.05, 3.63) is 0 Å². The first kappa shape index (κ1) is 9.05. The van der Waals surface area contributed by atoms with Crippen LogP contribution in [0.25, 0.3) is 0 Å². The zero-order valence-electron chi connectivity index (χ0n) is 8.37. The zero-order chi connectivity index (χ0) is 9.26. The molecule has 2 heteroatoms. The fourth-order valence-corrected chi connectivity index (χ4v) is 2.21. The smallest absolute Gasteiger partial charge is 0.0230 e. The normalized spacial score (nSPS) is 36.6. The predicted molar refractivity (Wildman–Crippen MR) is 54.4 cm³/mol. The van der Waals surface area contributed by atoms with E-state index in [4.69, 9.17) is 6.42 Å². The molecule has 1 saturated carbocycles. The molecule has 1 saturated heterocycles. The van der Waals surface area contributed by atoms with E-state index in [1.807, 2.05) is 0 Å². The minimum absolute atomic E-state index is 0.574. The van der Waals surface area contributed by atoms with Crippen LogP contribution < -0.4 is 0 Å². The minimum atomic E-state index is 0.574. The first-order chi connectivity index (χ1) is 6.29. The maximum Gasteiger partial charge on any atom is 0.0230 e. The number of rotatable bonds is 1. The predicted octanol–water partition coefficient (Wildman–Crippen LogP) is 0.646. The van der Waals surface area contributed by atoms with Crippen LogP contribution in [0.3, 0.4) is 0 Å². The summed E-state index contributed by atoms with van der Waals surface area (Å²) < 4.78 is 0. The Morgan fingerprint density at radius 2 is 1.77 bits per heavy atom. The lowest BCUT2D eigenvalue weighted by molar-refractivity contribution is 0.0555. The van der Waals surface area contributed by atoms with Gasteiger partial charge in [-0.2, -0.15) is 0 Å². The zero-order valence-corrected chi connectivity index (χ0v) is 8.37. The highest BCUT2D eigenvalue weighted by Crippen LogP contribution is 2.31. The first-order valence-corrected chi connectivity index (χ1v) is 5.18. The second-order valence-corrected chi connectivity index (χ2v) is 4.33. The summed E-state index contributed by atoms with van der Waals surface area (Å²) in [5, 5.41) is 0. The van der Waals surface area contributed by atoms with Crippen molar-refractivity contribution in [3.63, 3.8) is 0 Å². The molecule has 2 rings (SSSR count). The molecule has 0 atom stereocenters. The highest BCUT2D eigenvalue weighted by Gasteiger charge is 2.33. The lowest BCUT2D eigenvalue weighted by atomic mass is 9.80. The van der Waals surface area contributed by atoms with Crippen LogP contribution in [0.15, 0.2) is 0 Å². The quantitative estimate of drug-likeness (QED) is 0.544. The molecular formula is C11H18N2. The summed E-state index contributed by atoms with van der Waals surface area (Å²) in [5.74, 6) is 3.42. The molecule has 1 aliphatic carbocycles. The van der Waals surface area contributed by atoms with Gasteiger partial charge < -0.3 is 4.90 Å². The van der Waals surface area contributed by atoms with Crippen LogP contribution in [0.5, 0.6) is 0 Å². The fourth-order valence-electron chi connectivity index (χ4n) is 2.21. The van der Waals surface area contributed by atoms with E-state index >= 15 is 0 Å². The van der Waals surface area contributed by atoms with Gasteiger partial charge in [0.25, 0.3) is 0 Å². The van der Waals surface area contributed by atoms with Crippen molar-refractivity contribution >= 4 is 0 Å². The van der Waals surface area contributed by atoms with Crippen LogP contribution in [-0.2, 0) is 0 Å². The Kier molecular flexibility index (Phi) is 2.57.